The number of hydrogen-bond donors (Lipinski definition) is 0. The van der Waals surface area contributed by atoms with Crippen molar-refractivity contribution in [3.63, 3.8) is 0 Å². The second-order valence-corrected chi connectivity index (χ2v) is 23.8. The van der Waals surface area contributed by atoms with Gasteiger partial charge in [0.15, 0.2) is 0 Å². The van der Waals surface area contributed by atoms with Gasteiger partial charge in [-0.05, 0) is 146 Å². The first-order valence-electron chi connectivity index (χ1n) is 27.7. The van der Waals surface area contributed by atoms with Crippen LogP contribution in [0.2, 0.25) is 0 Å². The van der Waals surface area contributed by atoms with Crippen LogP contribution >= 0.6 is 0 Å². The van der Waals surface area contributed by atoms with E-state index in [4.69, 9.17) is 13.8 Å². The number of benzene rings is 10. The zero-order chi connectivity index (χ0) is 52.8. The van der Waals surface area contributed by atoms with Crippen LogP contribution < -0.4 is 4.90 Å². The lowest BCUT2D eigenvalue weighted by Crippen LogP contribution is -2.24. The molecule has 4 heterocycles. The summed E-state index contributed by atoms with van der Waals surface area (Å²) >= 11 is 0. The normalized spacial score (nSPS) is 15.0. The van der Waals surface area contributed by atoms with Crippen molar-refractivity contribution < 1.29 is 8.83 Å². The minimum atomic E-state index is -0.378. The standard InChI is InChI=1S/C74H53N3O2/c1-72(2)55-38-43(32-35-49(55)63-57(72)41-53(58-27-18-19-37-75-58)70-65(63)51-24-12-16-29-61(51)78-70)76(45-31-34-47-46-22-11-15-28-59(46)77(60(47)40-45)42-20-8-7-9-21-42)44-33-36-50-56(39-44)74(5,6)68-64(50)66-52-25-13-17-30-62(52)79-71(66)67-48-23-10-14-26-54(48)73(3,4)69(67)68/h7-41H,1-6H3. The van der Waals surface area contributed by atoms with Gasteiger partial charge in [0.05, 0.1) is 16.7 Å². The van der Waals surface area contributed by atoms with Gasteiger partial charge in [-0.1, -0.05) is 163 Å². The summed E-state index contributed by atoms with van der Waals surface area (Å²) in [5.74, 6) is 0. The Labute approximate surface area is 457 Å². The zero-order valence-electron chi connectivity index (χ0n) is 44.9. The lowest BCUT2D eigenvalue weighted by Gasteiger charge is -2.32. The molecule has 5 nitrogen and oxygen atoms in total. The van der Waals surface area contributed by atoms with E-state index in [0.717, 1.165) is 78.0 Å². The molecule has 0 saturated carbocycles. The third-order valence-electron chi connectivity index (χ3n) is 18.5. The topological polar surface area (TPSA) is 47.3 Å². The van der Waals surface area contributed by atoms with Gasteiger partial charge in [-0.3, -0.25) is 4.98 Å². The minimum absolute atomic E-state index is 0.258. The Hall–Kier alpha value is -9.45. The van der Waals surface area contributed by atoms with Crippen LogP contribution in [-0.4, -0.2) is 9.55 Å². The maximum atomic E-state index is 7.06. The molecule has 0 spiro atoms. The second-order valence-electron chi connectivity index (χ2n) is 23.8. The van der Waals surface area contributed by atoms with Crippen molar-refractivity contribution in [3.8, 4) is 50.3 Å². The molecule has 0 unspecified atom stereocenters. The lowest BCUT2D eigenvalue weighted by molar-refractivity contribution is 0.600. The maximum absolute atomic E-state index is 7.06. The predicted octanol–water partition coefficient (Wildman–Crippen LogP) is 20.0. The number of pyridine rings is 1. The fourth-order valence-electron chi connectivity index (χ4n) is 15.0. The Morgan fingerprint density at radius 3 is 1.66 bits per heavy atom. The van der Waals surface area contributed by atoms with Crippen LogP contribution in [0.5, 0.6) is 0 Å². The van der Waals surface area contributed by atoms with Crippen LogP contribution in [0.15, 0.2) is 221 Å². The predicted molar refractivity (Wildman–Crippen MR) is 326 cm³/mol. The molecule has 17 rings (SSSR count). The molecule has 0 bridgehead atoms. The monoisotopic (exact) mass is 1020 g/mol. The average molecular weight is 1020 g/mol. The van der Waals surface area contributed by atoms with Crippen molar-refractivity contribution in [2.24, 2.45) is 0 Å². The van der Waals surface area contributed by atoms with E-state index in [2.05, 4.69) is 251 Å². The number of furan rings is 2. The first-order valence-corrected chi connectivity index (χ1v) is 27.7. The highest BCUT2D eigenvalue weighted by Crippen LogP contribution is 2.64. The largest absolute Gasteiger partial charge is 0.455 e. The molecular weight excluding hydrogens is 963 g/mol. The van der Waals surface area contributed by atoms with Crippen LogP contribution in [0.25, 0.3) is 116 Å². The molecule has 0 atom stereocenters. The third kappa shape index (κ3) is 5.76. The molecule has 0 saturated heterocycles. The van der Waals surface area contributed by atoms with Gasteiger partial charge >= 0.3 is 0 Å². The lowest BCUT2D eigenvalue weighted by atomic mass is 9.72. The first kappa shape index (κ1) is 44.7. The van der Waals surface area contributed by atoms with Crippen LogP contribution in [0.4, 0.5) is 17.1 Å². The van der Waals surface area contributed by atoms with Gasteiger partial charge in [-0.25, -0.2) is 0 Å². The maximum Gasteiger partial charge on any atom is 0.145 e. The molecule has 4 aromatic heterocycles. The molecule has 376 valence electrons. The van der Waals surface area contributed by atoms with E-state index in [-0.39, 0.29) is 16.2 Å². The minimum Gasteiger partial charge on any atom is -0.455 e. The molecule has 0 radical (unpaired) electrons. The molecule has 3 aliphatic carbocycles. The zero-order valence-corrected chi connectivity index (χ0v) is 44.9. The van der Waals surface area contributed by atoms with E-state index < -0.39 is 0 Å². The van der Waals surface area contributed by atoms with Crippen LogP contribution in [-0.2, 0) is 16.2 Å². The molecule has 0 aliphatic heterocycles. The number of anilines is 3. The molecular formula is C74H53N3O2. The molecule has 79 heavy (non-hydrogen) atoms. The average Bonchev–Trinajstić information content (AvgIpc) is 3.17. The summed E-state index contributed by atoms with van der Waals surface area (Å²) in [4.78, 5) is 7.41. The Kier molecular flexibility index (Phi) is 8.70. The Bertz CT molecular complexity index is 4990. The van der Waals surface area contributed by atoms with Crippen molar-refractivity contribution in [1.82, 2.24) is 9.55 Å². The molecule has 5 heteroatoms. The SMILES string of the molecule is CC1(C)c2cc(N(c3ccc4c(c3)C(C)(C)c3c5c(c6oc7ccccc7c6c3-4)-c3ccccc3C5(C)C)c3ccc4c5ccccc5n(-c5ccccc5)c4c3)ccc2-c2c1cc(-c1ccccn1)c1oc3ccccc3c21. The van der Waals surface area contributed by atoms with Crippen LogP contribution in [0, 0.1) is 0 Å². The van der Waals surface area contributed by atoms with Crippen molar-refractivity contribution in [1.29, 1.82) is 0 Å². The highest BCUT2D eigenvalue weighted by atomic mass is 16.3. The summed E-state index contributed by atoms with van der Waals surface area (Å²) in [7, 11) is 0. The Balaban J connectivity index is 0.923. The van der Waals surface area contributed by atoms with Gasteiger partial charge in [0.1, 0.15) is 22.3 Å². The molecule has 0 fully saturated rings. The van der Waals surface area contributed by atoms with E-state index in [1.165, 1.54) is 88.4 Å². The third-order valence-corrected chi connectivity index (χ3v) is 18.5. The summed E-state index contributed by atoms with van der Waals surface area (Å²) in [5.41, 5.74) is 26.8. The highest BCUT2D eigenvalue weighted by molar-refractivity contribution is 6.22. The van der Waals surface area contributed by atoms with E-state index >= 15 is 0 Å². The second kappa shape index (κ2) is 15.4. The molecule has 14 aromatic rings. The molecule has 0 N–H and O–H groups in total. The van der Waals surface area contributed by atoms with Crippen LogP contribution in [0.3, 0.4) is 0 Å². The number of nitrogens with zero attached hydrogens (tertiary/aromatic N) is 3. The van der Waals surface area contributed by atoms with Gasteiger partial charge < -0.3 is 18.3 Å². The van der Waals surface area contributed by atoms with Gasteiger partial charge in [-0.2, -0.15) is 0 Å². The summed E-state index contributed by atoms with van der Waals surface area (Å²) in [6.45, 7) is 14.5. The van der Waals surface area contributed by atoms with Crippen molar-refractivity contribution >= 4 is 82.7 Å². The van der Waals surface area contributed by atoms with Crippen molar-refractivity contribution in [2.75, 3.05) is 4.90 Å². The highest BCUT2D eigenvalue weighted by Gasteiger charge is 2.49. The van der Waals surface area contributed by atoms with Crippen molar-refractivity contribution in [3.05, 3.63) is 246 Å². The Morgan fingerprint density at radius 2 is 0.924 bits per heavy atom. The van der Waals surface area contributed by atoms with E-state index in [0.29, 0.717) is 0 Å². The Morgan fingerprint density at radius 1 is 0.380 bits per heavy atom. The van der Waals surface area contributed by atoms with E-state index in [1.54, 1.807) is 0 Å². The number of aromatic nitrogens is 2. The number of rotatable bonds is 5. The van der Waals surface area contributed by atoms with Crippen LogP contribution in [0.1, 0.15) is 74.9 Å². The van der Waals surface area contributed by atoms with Gasteiger partial charge in [0, 0.05) is 88.6 Å². The summed E-state index contributed by atoms with van der Waals surface area (Å²) < 4.78 is 16.3. The fourth-order valence-corrected chi connectivity index (χ4v) is 15.0. The van der Waals surface area contributed by atoms with Gasteiger partial charge in [0.2, 0.25) is 0 Å². The van der Waals surface area contributed by atoms with E-state index in [9.17, 15) is 0 Å². The smallest absolute Gasteiger partial charge is 0.145 e. The number of para-hydroxylation sites is 4. The van der Waals surface area contributed by atoms with Gasteiger partial charge in [-0.15, -0.1) is 0 Å². The summed E-state index contributed by atoms with van der Waals surface area (Å²) in [6, 6.07) is 75.8. The summed E-state index contributed by atoms with van der Waals surface area (Å²) in [5, 5.41) is 7.06. The van der Waals surface area contributed by atoms with Crippen molar-refractivity contribution in [2.45, 2.75) is 57.8 Å². The summed E-state index contributed by atoms with van der Waals surface area (Å²) in [6.07, 6.45) is 1.87. The molecule has 0 amide bonds. The number of fused-ring (bicyclic) bond motifs is 22. The molecule has 3 aliphatic rings. The molecule has 10 aromatic carbocycles. The van der Waals surface area contributed by atoms with E-state index in [1.807, 2.05) is 12.3 Å². The first-order chi connectivity index (χ1) is 38.5. The quantitative estimate of drug-likeness (QED) is 0.172. The number of hydrogen-bond acceptors (Lipinski definition) is 4. The van der Waals surface area contributed by atoms with Gasteiger partial charge in [0.25, 0.3) is 0 Å². The fraction of sp³-hybridized carbons (Fsp3) is 0.122.